The quantitative estimate of drug-likeness (QED) is 0.579. The highest BCUT2D eigenvalue weighted by Crippen LogP contribution is 2.17. The van der Waals surface area contributed by atoms with Crippen molar-refractivity contribution >= 4 is 29.3 Å². The summed E-state index contributed by atoms with van der Waals surface area (Å²) in [7, 11) is 0. The van der Waals surface area contributed by atoms with Gasteiger partial charge in [-0.1, -0.05) is 30.3 Å². The number of carbonyl (C=O) groups excluding carboxylic acids is 2. The Morgan fingerprint density at radius 1 is 0.967 bits per heavy atom. The van der Waals surface area contributed by atoms with Crippen LogP contribution in [0.2, 0.25) is 0 Å². The van der Waals surface area contributed by atoms with E-state index in [1.807, 2.05) is 80.1 Å². The summed E-state index contributed by atoms with van der Waals surface area (Å²) in [5, 5.41) is 10.4. The SMILES string of the molecule is Cc1cccc(NC(=O)CSCC(=O)NCc2c(C)nn(-c3ccccc3)c2C)c1. The second-order valence-electron chi connectivity index (χ2n) is 7.08. The second kappa shape index (κ2) is 10.1. The molecule has 2 N–H and O–H groups in total. The van der Waals surface area contributed by atoms with Gasteiger partial charge >= 0.3 is 0 Å². The van der Waals surface area contributed by atoms with E-state index >= 15 is 0 Å². The number of nitrogens with one attached hydrogen (secondary N) is 2. The highest BCUT2D eigenvalue weighted by Gasteiger charge is 2.14. The first-order valence-corrected chi connectivity index (χ1v) is 10.9. The predicted molar refractivity (Wildman–Crippen MR) is 122 cm³/mol. The minimum atomic E-state index is -0.116. The third-order valence-electron chi connectivity index (χ3n) is 4.67. The van der Waals surface area contributed by atoms with Crippen LogP contribution in [0.15, 0.2) is 54.6 Å². The topological polar surface area (TPSA) is 76.0 Å². The van der Waals surface area contributed by atoms with E-state index in [2.05, 4.69) is 15.7 Å². The molecule has 7 heteroatoms. The number of anilines is 1. The van der Waals surface area contributed by atoms with Gasteiger partial charge in [0.15, 0.2) is 0 Å². The minimum Gasteiger partial charge on any atom is -0.351 e. The lowest BCUT2D eigenvalue weighted by Crippen LogP contribution is -2.26. The van der Waals surface area contributed by atoms with Crippen LogP contribution in [0, 0.1) is 20.8 Å². The van der Waals surface area contributed by atoms with Gasteiger partial charge in [0.05, 0.1) is 22.9 Å². The van der Waals surface area contributed by atoms with Crippen molar-refractivity contribution in [1.82, 2.24) is 15.1 Å². The van der Waals surface area contributed by atoms with Crippen LogP contribution in [0.5, 0.6) is 0 Å². The number of hydrogen-bond acceptors (Lipinski definition) is 4. The predicted octanol–water partition coefficient (Wildman–Crippen LogP) is 3.79. The average molecular weight is 423 g/mol. The van der Waals surface area contributed by atoms with Crippen LogP contribution in [0.1, 0.15) is 22.5 Å². The maximum Gasteiger partial charge on any atom is 0.234 e. The Morgan fingerprint density at radius 2 is 1.70 bits per heavy atom. The Kier molecular flexibility index (Phi) is 7.30. The summed E-state index contributed by atoms with van der Waals surface area (Å²) in [6.07, 6.45) is 0. The molecule has 0 aliphatic carbocycles. The van der Waals surface area contributed by atoms with Crippen LogP contribution in [0.4, 0.5) is 5.69 Å². The van der Waals surface area contributed by atoms with E-state index in [1.54, 1.807) is 0 Å². The summed E-state index contributed by atoms with van der Waals surface area (Å²) in [5.41, 5.74) is 5.75. The lowest BCUT2D eigenvalue weighted by atomic mass is 10.2. The van der Waals surface area contributed by atoms with Crippen molar-refractivity contribution in [3.8, 4) is 5.69 Å². The molecule has 0 aliphatic heterocycles. The Bertz CT molecular complexity index is 1030. The van der Waals surface area contributed by atoms with Gasteiger partial charge in [0.1, 0.15) is 0 Å². The maximum atomic E-state index is 12.2. The fourth-order valence-electron chi connectivity index (χ4n) is 3.15. The Labute approximate surface area is 181 Å². The van der Waals surface area contributed by atoms with Gasteiger partial charge in [-0.15, -0.1) is 11.8 Å². The van der Waals surface area contributed by atoms with E-state index in [0.29, 0.717) is 6.54 Å². The van der Waals surface area contributed by atoms with E-state index in [9.17, 15) is 9.59 Å². The number of hydrogen-bond donors (Lipinski definition) is 2. The molecule has 0 spiro atoms. The van der Waals surface area contributed by atoms with Crippen LogP contribution >= 0.6 is 11.8 Å². The Balaban J connectivity index is 1.46. The summed E-state index contributed by atoms with van der Waals surface area (Å²) in [4.78, 5) is 24.2. The largest absolute Gasteiger partial charge is 0.351 e. The Hall–Kier alpha value is -3.06. The third-order valence-corrected chi connectivity index (χ3v) is 5.61. The van der Waals surface area contributed by atoms with E-state index < -0.39 is 0 Å². The van der Waals surface area contributed by atoms with Crippen molar-refractivity contribution < 1.29 is 9.59 Å². The highest BCUT2D eigenvalue weighted by atomic mass is 32.2. The molecule has 2 aromatic carbocycles. The van der Waals surface area contributed by atoms with Gasteiger partial charge < -0.3 is 10.6 Å². The molecule has 0 aliphatic rings. The molecule has 0 saturated heterocycles. The smallest absolute Gasteiger partial charge is 0.234 e. The zero-order chi connectivity index (χ0) is 21.5. The Morgan fingerprint density at radius 3 is 2.43 bits per heavy atom. The first-order chi connectivity index (χ1) is 14.4. The van der Waals surface area contributed by atoms with Crippen molar-refractivity contribution in [3.05, 3.63) is 77.1 Å². The van der Waals surface area contributed by atoms with Crippen molar-refractivity contribution in [2.75, 3.05) is 16.8 Å². The number of benzene rings is 2. The number of aromatic nitrogens is 2. The number of carbonyl (C=O) groups is 2. The van der Waals surface area contributed by atoms with E-state index in [0.717, 1.165) is 33.9 Å². The van der Waals surface area contributed by atoms with E-state index in [1.165, 1.54) is 11.8 Å². The summed E-state index contributed by atoms with van der Waals surface area (Å²) < 4.78 is 1.89. The van der Waals surface area contributed by atoms with Crippen LogP contribution < -0.4 is 10.6 Å². The fourth-order valence-corrected chi connectivity index (χ4v) is 3.79. The van der Waals surface area contributed by atoms with Crippen LogP contribution in [-0.4, -0.2) is 33.1 Å². The van der Waals surface area contributed by atoms with Crippen molar-refractivity contribution in [2.24, 2.45) is 0 Å². The molecule has 0 radical (unpaired) electrons. The molecule has 6 nitrogen and oxygen atoms in total. The maximum absolute atomic E-state index is 12.2. The number of nitrogens with zero attached hydrogens (tertiary/aromatic N) is 2. The molecule has 156 valence electrons. The van der Waals surface area contributed by atoms with Gasteiger partial charge in [-0.2, -0.15) is 5.10 Å². The molecule has 0 bridgehead atoms. The highest BCUT2D eigenvalue weighted by molar-refractivity contribution is 8.00. The third kappa shape index (κ3) is 5.73. The van der Waals surface area contributed by atoms with E-state index in [4.69, 9.17) is 0 Å². The van der Waals surface area contributed by atoms with Gasteiger partial charge in [0.25, 0.3) is 0 Å². The molecule has 1 heterocycles. The van der Waals surface area contributed by atoms with Gasteiger partial charge in [0.2, 0.25) is 11.8 Å². The first-order valence-electron chi connectivity index (χ1n) is 9.75. The number of amides is 2. The fraction of sp³-hybridized carbons (Fsp3) is 0.261. The molecule has 3 rings (SSSR count). The van der Waals surface area contributed by atoms with Crippen molar-refractivity contribution in [3.63, 3.8) is 0 Å². The number of para-hydroxylation sites is 1. The summed E-state index contributed by atoms with van der Waals surface area (Å²) in [6, 6.07) is 17.5. The van der Waals surface area contributed by atoms with E-state index in [-0.39, 0.29) is 23.3 Å². The number of rotatable bonds is 8. The second-order valence-corrected chi connectivity index (χ2v) is 8.07. The molecule has 0 fully saturated rings. The van der Waals surface area contributed by atoms with Gasteiger partial charge in [-0.25, -0.2) is 4.68 Å². The standard InChI is InChI=1S/C23H26N4O2S/c1-16-8-7-9-19(12-16)25-23(29)15-30-14-22(28)24-13-21-17(2)26-27(18(21)3)20-10-5-4-6-11-20/h4-12H,13-15H2,1-3H3,(H,24,28)(H,25,29). The summed E-state index contributed by atoms with van der Waals surface area (Å²) in [5.74, 6) is 0.237. The normalized spacial score (nSPS) is 10.6. The van der Waals surface area contributed by atoms with Crippen LogP contribution in [0.25, 0.3) is 5.69 Å². The molecule has 30 heavy (non-hydrogen) atoms. The first kappa shape index (κ1) is 21.6. The number of aryl methyl sites for hydroxylation is 2. The monoisotopic (exact) mass is 422 g/mol. The molecule has 3 aromatic rings. The zero-order valence-electron chi connectivity index (χ0n) is 17.4. The molecule has 1 aromatic heterocycles. The summed E-state index contributed by atoms with van der Waals surface area (Å²) in [6.45, 7) is 6.33. The molecule has 0 saturated carbocycles. The minimum absolute atomic E-state index is 0.102. The lowest BCUT2D eigenvalue weighted by molar-refractivity contribution is -0.118. The molecular formula is C23H26N4O2S. The van der Waals surface area contributed by atoms with Crippen LogP contribution in [-0.2, 0) is 16.1 Å². The number of thioether (sulfide) groups is 1. The van der Waals surface area contributed by atoms with Gasteiger partial charge in [0, 0.05) is 23.5 Å². The molecular weight excluding hydrogens is 396 g/mol. The lowest BCUT2D eigenvalue weighted by Gasteiger charge is -2.08. The summed E-state index contributed by atoms with van der Waals surface area (Å²) >= 11 is 1.29. The average Bonchev–Trinajstić information content (AvgIpc) is 3.00. The molecule has 2 amide bonds. The van der Waals surface area contributed by atoms with Gasteiger partial charge in [-0.3, -0.25) is 9.59 Å². The van der Waals surface area contributed by atoms with Crippen molar-refractivity contribution in [2.45, 2.75) is 27.3 Å². The van der Waals surface area contributed by atoms with Crippen LogP contribution in [0.3, 0.4) is 0 Å². The molecule has 0 unspecified atom stereocenters. The molecule has 0 atom stereocenters. The van der Waals surface area contributed by atoms with Crippen molar-refractivity contribution in [1.29, 1.82) is 0 Å². The van der Waals surface area contributed by atoms with Gasteiger partial charge in [-0.05, 0) is 50.6 Å². The zero-order valence-corrected chi connectivity index (χ0v) is 18.3.